The number of anilines is 1. The predicted octanol–water partition coefficient (Wildman–Crippen LogP) is 3.56. The summed E-state index contributed by atoms with van der Waals surface area (Å²) in [6.07, 6.45) is 3.27. The highest BCUT2D eigenvalue weighted by Gasteiger charge is 2.15. The van der Waals surface area contributed by atoms with Crippen LogP contribution in [0.4, 0.5) is 10.2 Å². The van der Waals surface area contributed by atoms with Gasteiger partial charge in [0.25, 0.3) is 0 Å². The second-order valence-corrected chi connectivity index (χ2v) is 5.99. The zero-order chi connectivity index (χ0) is 19.5. The highest BCUT2D eigenvalue weighted by molar-refractivity contribution is 5.81. The number of halogens is 1. The molecule has 0 aliphatic rings. The average molecular weight is 379 g/mol. The number of hydrogen-bond acceptors (Lipinski definition) is 6. The number of nitrogens with one attached hydrogen (secondary N) is 1. The van der Waals surface area contributed by atoms with Gasteiger partial charge in [-0.05, 0) is 36.4 Å². The zero-order valence-corrected chi connectivity index (χ0v) is 15.4. The topological polar surface area (TPSA) is 73.6 Å². The first-order valence-corrected chi connectivity index (χ1v) is 8.60. The van der Waals surface area contributed by atoms with Crippen molar-refractivity contribution in [2.24, 2.45) is 0 Å². The van der Waals surface area contributed by atoms with Gasteiger partial charge < -0.3 is 14.8 Å². The number of pyridine rings is 2. The fourth-order valence-electron chi connectivity index (χ4n) is 3.11. The summed E-state index contributed by atoms with van der Waals surface area (Å²) in [5, 5.41) is 11.5. The molecular weight excluding hydrogens is 361 g/mol. The van der Waals surface area contributed by atoms with Crippen molar-refractivity contribution in [1.29, 1.82) is 0 Å². The van der Waals surface area contributed by atoms with Gasteiger partial charge in [0.1, 0.15) is 23.7 Å². The van der Waals surface area contributed by atoms with Crippen molar-refractivity contribution in [1.82, 2.24) is 19.6 Å². The number of fused-ring (bicyclic) bond motifs is 1. The Morgan fingerprint density at radius 1 is 1.04 bits per heavy atom. The molecular formula is C20H18FN5O2. The zero-order valence-electron chi connectivity index (χ0n) is 15.4. The van der Waals surface area contributed by atoms with Gasteiger partial charge in [-0.2, -0.15) is 0 Å². The first kappa shape index (κ1) is 17.7. The van der Waals surface area contributed by atoms with Gasteiger partial charge in [0.2, 0.25) is 5.88 Å². The Morgan fingerprint density at radius 2 is 1.93 bits per heavy atom. The van der Waals surface area contributed by atoms with Gasteiger partial charge in [-0.15, -0.1) is 10.2 Å². The number of benzene rings is 1. The Kier molecular flexibility index (Phi) is 4.76. The van der Waals surface area contributed by atoms with Crippen molar-refractivity contribution in [3.05, 3.63) is 66.4 Å². The SMILES string of the molecule is COc1cccc(F)c1CNc1ccc(-c2cccnc2OC)c2nncn12. The van der Waals surface area contributed by atoms with E-state index in [0.717, 1.165) is 16.9 Å². The van der Waals surface area contributed by atoms with Crippen LogP contribution in [-0.2, 0) is 6.54 Å². The molecule has 28 heavy (non-hydrogen) atoms. The van der Waals surface area contributed by atoms with Crippen molar-refractivity contribution < 1.29 is 13.9 Å². The Labute approximate surface area is 160 Å². The lowest BCUT2D eigenvalue weighted by Crippen LogP contribution is -2.07. The molecule has 0 bridgehead atoms. The minimum Gasteiger partial charge on any atom is -0.496 e. The van der Waals surface area contributed by atoms with Crippen LogP contribution in [0.5, 0.6) is 11.6 Å². The molecule has 0 aliphatic carbocycles. The summed E-state index contributed by atoms with van der Waals surface area (Å²) in [5.41, 5.74) is 2.72. The molecule has 142 valence electrons. The third kappa shape index (κ3) is 3.09. The van der Waals surface area contributed by atoms with Crippen molar-refractivity contribution in [3.8, 4) is 22.8 Å². The Morgan fingerprint density at radius 3 is 2.75 bits per heavy atom. The van der Waals surface area contributed by atoms with E-state index >= 15 is 0 Å². The molecule has 0 fully saturated rings. The van der Waals surface area contributed by atoms with Crippen molar-refractivity contribution >= 4 is 11.5 Å². The number of nitrogens with zero attached hydrogens (tertiary/aromatic N) is 4. The van der Waals surface area contributed by atoms with Crippen LogP contribution in [0.3, 0.4) is 0 Å². The Balaban J connectivity index is 1.71. The number of aromatic nitrogens is 4. The maximum atomic E-state index is 14.2. The summed E-state index contributed by atoms with van der Waals surface area (Å²) in [6, 6.07) is 12.3. The van der Waals surface area contributed by atoms with E-state index in [0.29, 0.717) is 22.8 Å². The number of rotatable bonds is 6. The van der Waals surface area contributed by atoms with E-state index in [4.69, 9.17) is 9.47 Å². The molecule has 0 spiro atoms. The van der Waals surface area contributed by atoms with Crippen LogP contribution in [0.25, 0.3) is 16.8 Å². The largest absolute Gasteiger partial charge is 0.496 e. The van der Waals surface area contributed by atoms with Gasteiger partial charge in [-0.3, -0.25) is 4.40 Å². The lowest BCUT2D eigenvalue weighted by atomic mass is 10.1. The minimum atomic E-state index is -0.330. The summed E-state index contributed by atoms with van der Waals surface area (Å²) in [4.78, 5) is 4.24. The second-order valence-electron chi connectivity index (χ2n) is 5.99. The van der Waals surface area contributed by atoms with E-state index < -0.39 is 0 Å². The molecule has 1 N–H and O–H groups in total. The summed E-state index contributed by atoms with van der Waals surface area (Å²) >= 11 is 0. The normalized spacial score (nSPS) is 10.8. The third-order valence-corrected chi connectivity index (χ3v) is 4.45. The molecule has 0 radical (unpaired) electrons. The van der Waals surface area contributed by atoms with Crippen LogP contribution < -0.4 is 14.8 Å². The fraction of sp³-hybridized carbons (Fsp3) is 0.150. The molecule has 3 heterocycles. The van der Waals surface area contributed by atoms with E-state index in [2.05, 4.69) is 20.5 Å². The van der Waals surface area contributed by atoms with E-state index in [9.17, 15) is 4.39 Å². The highest BCUT2D eigenvalue weighted by atomic mass is 19.1. The predicted molar refractivity (Wildman–Crippen MR) is 103 cm³/mol. The lowest BCUT2D eigenvalue weighted by Gasteiger charge is -2.14. The van der Waals surface area contributed by atoms with Gasteiger partial charge in [0, 0.05) is 29.4 Å². The molecule has 1 aromatic carbocycles. The Bertz CT molecular complexity index is 1130. The number of methoxy groups -OCH3 is 2. The molecule has 0 amide bonds. The number of hydrogen-bond donors (Lipinski definition) is 1. The molecule has 0 saturated carbocycles. The van der Waals surface area contributed by atoms with Crippen LogP contribution >= 0.6 is 0 Å². The van der Waals surface area contributed by atoms with Crippen LogP contribution in [0.1, 0.15) is 5.56 Å². The summed E-state index contributed by atoms with van der Waals surface area (Å²) < 4.78 is 26.6. The van der Waals surface area contributed by atoms with Crippen molar-refractivity contribution in [2.45, 2.75) is 6.54 Å². The van der Waals surface area contributed by atoms with Crippen molar-refractivity contribution in [2.75, 3.05) is 19.5 Å². The van der Waals surface area contributed by atoms with Crippen LogP contribution in [0.2, 0.25) is 0 Å². The lowest BCUT2D eigenvalue weighted by molar-refractivity contribution is 0.399. The van der Waals surface area contributed by atoms with E-state index in [1.165, 1.54) is 13.2 Å². The Hall–Kier alpha value is -3.68. The van der Waals surface area contributed by atoms with Gasteiger partial charge >= 0.3 is 0 Å². The molecule has 7 nitrogen and oxygen atoms in total. The summed E-state index contributed by atoms with van der Waals surface area (Å²) in [6.45, 7) is 0.249. The molecule has 8 heteroatoms. The van der Waals surface area contributed by atoms with E-state index in [-0.39, 0.29) is 12.4 Å². The van der Waals surface area contributed by atoms with Crippen LogP contribution in [0, 0.1) is 5.82 Å². The van der Waals surface area contributed by atoms with Gasteiger partial charge in [0.15, 0.2) is 5.65 Å². The number of ether oxygens (including phenoxy) is 2. The first-order valence-electron chi connectivity index (χ1n) is 8.60. The highest BCUT2D eigenvalue weighted by Crippen LogP contribution is 2.32. The van der Waals surface area contributed by atoms with Crippen LogP contribution in [-0.4, -0.2) is 33.8 Å². The summed E-state index contributed by atoms with van der Waals surface area (Å²) in [5.74, 6) is 1.38. The molecule has 4 rings (SSSR count). The molecule has 0 aliphatic heterocycles. The van der Waals surface area contributed by atoms with Gasteiger partial charge in [-0.1, -0.05) is 6.07 Å². The van der Waals surface area contributed by atoms with E-state index in [1.54, 1.807) is 36.2 Å². The maximum absolute atomic E-state index is 14.2. The quantitative estimate of drug-likeness (QED) is 0.552. The van der Waals surface area contributed by atoms with Crippen molar-refractivity contribution in [3.63, 3.8) is 0 Å². The second kappa shape index (κ2) is 7.51. The fourth-order valence-corrected chi connectivity index (χ4v) is 3.11. The average Bonchev–Trinajstić information content (AvgIpc) is 3.22. The minimum absolute atomic E-state index is 0.249. The molecule has 0 atom stereocenters. The molecule has 0 saturated heterocycles. The third-order valence-electron chi connectivity index (χ3n) is 4.45. The van der Waals surface area contributed by atoms with Crippen LogP contribution in [0.15, 0.2) is 55.0 Å². The molecule has 3 aromatic heterocycles. The van der Waals surface area contributed by atoms with Gasteiger partial charge in [0.05, 0.1) is 14.2 Å². The van der Waals surface area contributed by atoms with E-state index in [1.807, 2.05) is 24.3 Å². The molecule has 4 aromatic rings. The summed E-state index contributed by atoms with van der Waals surface area (Å²) in [7, 11) is 3.09. The first-order chi connectivity index (χ1) is 13.7. The monoisotopic (exact) mass is 379 g/mol. The van der Waals surface area contributed by atoms with Gasteiger partial charge in [-0.25, -0.2) is 9.37 Å². The standard InChI is InChI=1S/C20H18FN5O2/c1-27-17-7-3-6-16(21)15(17)11-23-18-9-8-13(19-25-24-12-26(18)19)14-5-4-10-22-20(14)28-2/h3-10,12,23H,11H2,1-2H3. The smallest absolute Gasteiger partial charge is 0.221 e. The molecule has 0 unspecified atom stereocenters. The maximum Gasteiger partial charge on any atom is 0.221 e.